The first-order chi connectivity index (χ1) is 10.7. The van der Waals surface area contributed by atoms with Crippen LogP contribution in [-0.4, -0.2) is 0 Å². The van der Waals surface area contributed by atoms with Crippen LogP contribution in [0.25, 0.3) is 10.9 Å². The quantitative estimate of drug-likeness (QED) is 0.418. The molecule has 1 aromatic carbocycles. The Labute approximate surface area is 134 Å². The number of fused-ring (bicyclic) bond motifs is 1. The van der Waals surface area contributed by atoms with Gasteiger partial charge in [-0.15, -0.1) is 0 Å². The van der Waals surface area contributed by atoms with Crippen molar-refractivity contribution in [2.45, 2.75) is 58.9 Å². The minimum absolute atomic E-state index is 0.878. The Morgan fingerprint density at radius 3 is 2.55 bits per heavy atom. The number of allylic oxidation sites excluding steroid dienone is 2. The van der Waals surface area contributed by atoms with E-state index in [0.29, 0.717) is 0 Å². The first-order valence-corrected chi connectivity index (χ1v) is 8.56. The molecule has 0 radical (unpaired) electrons. The number of benzene rings is 1. The highest BCUT2D eigenvalue weighted by molar-refractivity contribution is 5.87. The van der Waals surface area contributed by atoms with E-state index in [1.54, 1.807) is 0 Å². The molecular weight excluding hydrogens is 268 g/mol. The van der Waals surface area contributed by atoms with E-state index in [4.69, 9.17) is 5.73 Å². The van der Waals surface area contributed by atoms with Crippen LogP contribution >= 0.6 is 0 Å². The van der Waals surface area contributed by atoms with Gasteiger partial charge in [0.1, 0.15) is 6.54 Å². The van der Waals surface area contributed by atoms with Gasteiger partial charge < -0.3 is 5.73 Å². The van der Waals surface area contributed by atoms with Crippen molar-refractivity contribution in [3.8, 4) is 0 Å². The van der Waals surface area contributed by atoms with E-state index in [0.717, 1.165) is 17.6 Å². The molecule has 0 aliphatic rings. The summed E-state index contributed by atoms with van der Waals surface area (Å²) in [6.45, 7) is 5.45. The van der Waals surface area contributed by atoms with E-state index in [2.05, 4.69) is 60.9 Å². The maximum absolute atomic E-state index is 6.14. The largest absolute Gasteiger partial charge is 0.398 e. The Morgan fingerprint density at radius 2 is 1.77 bits per heavy atom. The van der Waals surface area contributed by atoms with Gasteiger partial charge in [-0.05, 0) is 25.3 Å². The van der Waals surface area contributed by atoms with Gasteiger partial charge in [0.25, 0.3) is 0 Å². The van der Waals surface area contributed by atoms with Crippen LogP contribution in [0.4, 0.5) is 5.69 Å². The van der Waals surface area contributed by atoms with Gasteiger partial charge in [-0.1, -0.05) is 44.1 Å². The maximum Gasteiger partial charge on any atom is 0.214 e. The molecule has 2 nitrogen and oxygen atoms in total. The van der Waals surface area contributed by atoms with Crippen LogP contribution in [0, 0.1) is 6.92 Å². The van der Waals surface area contributed by atoms with Crippen LogP contribution in [0.2, 0.25) is 0 Å². The number of aromatic nitrogens is 1. The van der Waals surface area contributed by atoms with Crippen LogP contribution < -0.4 is 10.3 Å². The van der Waals surface area contributed by atoms with Gasteiger partial charge in [0.2, 0.25) is 5.52 Å². The predicted octanol–water partition coefficient (Wildman–Crippen LogP) is 4.93. The molecule has 0 bridgehead atoms. The first-order valence-electron chi connectivity index (χ1n) is 8.56. The van der Waals surface area contributed by atoms with Gasteiger partial charge in [0, 0.05) is 25.5 Å². The van der Waals surface area contributed by atoms with Gasteiger partial charge >= 0.3 is 0 Å². The second kappa shape index (κ2) is 8.57. The maximum atomic E-state index is 6.14. The summed E-state index contributed by atoms with van der Waals surface area (Å²) < 4.78 is 2.40. The summed E-state index contributed by atoms with van der Waals surface area (Å²) in [7, 11) is 0. The Bertz CT molecular complexity index is 629. The van der Waals surface area contributed by atoms with E-state index in [-0.39, 0.29) is 0 Å². The number of pyridine rings is 1. The van der Waals surface area contributed by atoms with E-state index < -0.39 is 0 Å². The number of hydrogen-bond acceptors (Lipinski definition) is 1. The Balaban J connectivity index is 1.93. The number of nitrogens with two attached hydrogens (primary N) is 1. The zero-order valence-corrected chi connectivity index (χ0v) is 14.0. The minimum atomic E-state index is 0.878. The molecular formula is C20H29N2+. The van der Waals surface area contributed by atoms with E-state index in [9.17, 15) is 0 Å². The SMILES string of the molecule is CCCC/C=C/CCCC[n+]1c(C)cc(N)c2ccccc21. The molecule has 2 rings (SSSR count). The molecule has 22 heavy (non-hydrogen) atoms. The third-order valence-electron chi connectivity index (χ3n) is 4.19. The lowest BCUT2D eigenvalue weighted by atomic mass is 10.1. The van der Waals surface area contributed by atoms with Gasteiger partial charge in [0.15, 0.2) is 5.69 Å². The highest BCUT2D eigenvalue weighted by Gasteiger charge is 2.14. The van der Waals surface area contributed by atoms with Crippen molar-refractivity contribution in [2.24, 2.45) is 0 Å². The van der Waals surface area contributed by atoms with Crippen molar-refractivity contribution >= 4 is 16.6 Å². The van der Waals surface area contributed by atoms with Gasteiger partial charge in [-0.25, -0.2) is 0 Å². The number of para-hydroxylation sites is 1. The summed E-state index contributed by atoms with van der Waals surface area (Å²) >= 11 is 0. The van der Waals surface area contributed by atoms with Crippen LogP contribution in [0.1, 0.15) is 51.1 Å². The molecule has 0 aliphatic carbocycles. The molecule has 1 heterocycles. The number of hydrogen-bond donors (Lipinski definition) is 1. The lowest BCUT2D eigenvalue weighted by Gasteiger charge is -2.07. The Kier molecular flexibility index (Phi) is 6.45. The third-order valence-corrected chi connectivity index (χ3v) is 4.19. The summed E-state index contributed by atoms with van der Waals surface area (Å²) in [6, 6.07) is 10.5. The average Bonchev–Trinajstić information content (AvgIpc) is 2.52. The standard InChI is InChI=1S/C20H28N2/c1-3-4-5-6-7-8-9-12-15-22-17(2)16-19(21)18-13-10-11-14-20(18)22/h6-7,10-11,13-14,16,21H,3-5,8-9,12,15H2,1-2H3/p+1/b7-6+. The lowest BCUT2D eigenvalue weighted by molar-refractivity contribution is -0.677. The molecule has 0 saturated heterocycles. The first kappa shape index (κ1) is 16.5. The molecule has 2 heteroatoms. The van der Waals surface area contributed by atoms with Crippen LogP contribution in [0.3, 0.4) is 0 Å². The van der Waals surface area contributed by atoms with E-state index in [1.807, 2.05) is 0 Å². The number of unbranched alkanes of at least 4 members (excludes halogenated alkanes) is 4. The second-order valence-electron chi connectivity index (χ2n) is 6.02. The van der Waals surface area contributed by atoms with Crippen molar-refractivity contribution in [1.29, 1.82) is 0 Å². The van der Waals surface area contributed by atoms with Crippen molar-refractivity contribution in [3.05, 3.63) is 48.2 Å². The molecule has 118 valence electrons. The molecule has 0 atom stereocenters. The fourth-order valence-corrected chi connectivity index (χ4v) is 2.91. The summed E-state index contributed by atoms with van der Waals surface area (Å²) in [5.74, 6) is 0. The molecule has 0 saturated carbocycles. The summed E-state index contributed by atoms with van der Waals surface area (Å²) in [4.78, 5) is 0. The molecule has 1 aromatic heterocycles. The Hall–Kier alpha value is -1.83. The zero-order chi connectivity index (χ0) is 15.8. The summed E-state index contributed by atoms with van der Waals surface area (Å²) in [5, 5.41) is 1.16. The molecule has 0 aliphatic heterocycles. The van der Waals surface area contributed by atoms with Gasteiger partial charge in [0.05, 0.1) is 11.1 Å². The van der Waals surface area contributed by atoms with E-state index in [1.165, 1.54) is 49.7 Å². The lowest BCUT2D eigenvalue weighted by Crippen LogP contribution is -2.38. The summed E-state index contributed by atoms with van der Waals surface area (Å²) in [6.07, 6.45) is 12.1. The highest BCUT2D eigenvalue weighted by Crippen LogP contribution is 2.18. The molecule has 2 N–H and O–H groups in total. The topological polar surface area (TPSA) is 29.9 Å². The minimum Gasteiger partial charge on any atom is -0.398 e. The van der Waals surface area contributed by atoms with Gasteiger partial charge in [-0.2, -0.15) is 4.57 Å². The number of nitrogen functional groups attached to an aromatic ring is 1. The van der Waals surface area contributed by atoms with Crippen LogP contribution in [-0.2, 0) is 6.54 Å². The smallest absolute Gasteiger partial charge is 0.214 e. The number of aryl methyl sites for hydroxylation is 2. The fraction of sp³-hybridized carbons (Fsp3) is 0.450. The normalized spacial score (nSPS) is 11.5. The average molecular weight is 297 g/mol. The zero-order valence-electron chi connectivity index (χ0n) is 14.0. The fourth-order valence-electron chi connectivity index (χ4n) is 2.91. The van der Waals surface area contributed by atoms with Crippen molar-refractivity contribution in [3.63, 3.8) is 0 Å². The molecule has 0 spiro atoms. The highest BCUT2D eigenvalue weighted by atomic mass is 15.0. The molecule has 0 unspecified atom stereocenters. The molecule has 0 fully saturated rings. The summed E-state index contributed by atoms with van der Waals surface area (Å²) in [5.41, 5.74) is 9.51. The van der Waals surface area contributed by atoms with Crippen molar-refractivity contribution < 1.29 is 4.57 Å². The van der Waals surface area contributed by atoms with Crippen molar-refractivity contribution in [2.75, 3.05) is 5.73 Å². The number of anilines is 1. The predicted molar refractivity (Wildman–Crippen MR) is 95.8 cm³/mol. The third kappa shape index (κ3) is 4.33. The van der Waals surface area contributed by atoms with Crippen molar-refractivity contribution in [1.82, 2.24) is 0 Å². The number of nitrogens with zero attached hydrogens (tertiary/aromatic N) is 1. The van der Waals surface area contributed by atoms with E-state index >= 15 is 0 Å². The molecule has 0 amide bonds. The number of rotatable bonds is 8. The van der Waals surface area contributed by atoms with Gasteiger partial charge in [-0.3, -0.25) is 0 Å². The second-order valence-corrected chi connectivity index (χ2v) is 6.02. The molecule has 2 aromatic rings. The van der Waals surface area contributed by atoms with Crippen LogP contribution in [0.15, 0.2) is 42.5 Å². The van der Waals surface area contributed by atoms with Crippen LogP contribution in [0.5, 0.6) is 0 Å². The Morgan fingerprint density at radius 1 is 1.05 bits per heavy atom. The monoisotopic (exact) mass is 297 g/mol.